The second-order valence-electron chi connectivity index (χ2n) is 8.24. The normalized spacial score (nSPS) is 15.4. The van der Waals surface area contributed by atoms with Crippen LogP contribution >= 0.6 is 0 Å². The zero-order valence-corrected chi connectivity index (χ0v) is 17.9. The number of amides is 1. The number of aromatic nitrogens is 3. The Hall–Kier alpha value is -3.01. The zero-order valence-electron chi connectivity index (χ0n) is 17.1. The van der Waals surface area contributed by atoms with Gasteiger partial charge in [-0.15, -0.1) is 5.10 Å². The molecule has 3 aromatic rings. The van der Waals surface area contributed by atoms with Gasteiger partial charge in [-0.25, -0.2) is 17.3 Å². The van der Waals surface area contributed by atoms with Gasteiger partial charge in [0.1, 0.15) is 5.82 Å². The fraction of sp³-hybridized carbons (Fsp3) is 0.350. The van der Waals surface area contributed by atoms with Gasteiger partial charge in [0.2, 0.25) is 15.9 Å². The lowest BCUT2D eigenvalue weighted by Gasteiger charge is -2.19. The molecule has 0 aliphatic carbocycles. The smallest absolute Gasteiger partial charge is 0.256 e. The number of fused-ring (bicyclic) bond motifs is 3. The maximum absolute atomic E-state index is 13.3. The zero-order chi connectivity index (χ0) is 21.8. The number of rotatable bonds is 4. The van der Waals surface area contributed by atoms with Gasteiger partial charge in [-0.2, -0.15) is 4.98 Å². The van der Waals surface area contributed by atoms with E-state index in [1.165, 1.54) is 19.1 Å². The molecule has 0 unspecified atom stereocenters. The van der Waals surface area contributed by atoms with Crippen molar-refractivity contribution in [3.8, 4) is 0 Å². The minimum Gasteiger partial charge on any atom is -0.310 e. The molecule has 0 atom stereocenters. The number of nitrogens with one attached hydrogen (secondary N) is 1. The van der Waals surface area contributed by atoms with E-state index < -0.39 is 15.4 Å². The van der Waals surface area contributed by atoms with Gasteiger partial charge in [-0.05, 0) is 23.8 Å². The van der Waals surface area contributed by atoms with Crippen LogP contribution in [0.25, 0.3) is 5.65 Å². The first-order chi connectivity index (χ1) is 13.9. The molecule has 0 fully saturated rings. The van der Waals surface area contributed by atoms with Crippen LogP contribution in [0.3, 0.4) is 0 Å². The van der Waals surface area contributed by atoms with Gasteiger partial charge >= 0.3 is 0 Å². The lowest BCUT2D eigenvalue weighted by molar-refractivity contribution is -0.116. The van der Waals surface area contributed by atoms with E-state index in [1.807, 2.05) is 19.9 Å². The van der Waals surface area contributed by atoms with Gasteiger partial charge in [0.15, 0.2) is 5.65 Å². The van der Waals surface area contributed by atoms with E-state index in [0.29, 0.717) is 24.3 Å². The summed E-state index contributed by atoms with van der Waals surface area (Å²) in [5, 5.41) is 4.39. The maximum atomic E-state index is 13.3. The van der Waals surface area contributed by atoms with Crippen molar-refractivity contribution in [1.82, 2.24) is 14.6 Å². The number of hydrogen-bond donors (Lipinski definition) is 1. The Morgan fingerprint density at radius 3 is 2.53 bits per heavy atom. The van der Waals surface area contributed by atoms with Crippen LogP contribution in [0.1, 0.15) is 37.6 Å². The molecule has 1 amide bonds. The summed E-state index contributed by atoms with van der Waals surface area (Å²) in [5.41, 5.74) is 3.17. The summed E-state index contributed by atoms with van der Waals surface area (Å²) in [5.74, 6) is -0.462. The third kappa shape index (κ3) is 3.62. The molecule has 0 radical (unpaired) electrons. The van der Waals surface area contributed by atoms with Crippen LogP contribution < -0.4 is 9.62 Å². The molecule has 10 heteroatoms. The number of hydrogen-bond acceptors (Lipinski definition) is 5. The van der Waals surface area contributed by atoms with Crippen LogP contribution in [0, 0.1) is 5.82 Å². The van der Waals surface area contributed by atoms with Crippen molar-refractivity contribution in [2.45, 2.75) is 32.6 Å². The average molecular weight is 431 g/mol. The van der Waals surface area contributed by atoms with Gasteiger partial charge in [-0.1, -0.05) is 26.0 Å². The quantitative estimate of drug-likeness (QED) is 0.685. The Bertz CT molecular complexity index is 1270. The number of nitrogens with zero attached hydrogens (tertiary/aromatic N) is 4. The Morgan fingerprint density at radius 2 is 1.93 bits per heavy atom. The first kappa shape index (κ1) is 20.3. The molecule has 158 valence electrons. The van der Waals surface area contributed by atoms with E-state index in [-0.39, 0.29) is 17.7 Å². The molecule has 1 N–H and O–H groups in total. The van der Waals surface area contributed by atoms with Crippen molar-refractivity contribution in [2.24, 2.45) is 0 Å². The SMILES string of the molecule is CC(=O)N1CC(C)(C)c2c1cc(Cc1ccc(F)cc1)c1nc(NS(C)(=O)=O)nn21. The van der Waals surface area contributed by atoms with E-state index in [0.717, 1.165) is 23.1 Å². The molecule has 0 bridgehead atoms. The first-order valence-electron chi connectivity index (χ1n) is 9.38. The molecule has 30 heavy (non-hydrogen) atoms. The highest BCUT2D eigenvalue weighted by Gasteiger charge is 2.40. The van der Waals surface area contributed by atoms with Crippen LogP contribution in [-0.4, -0.2) is 41.7 Å². The Morgan fingerprint density at radius 1 is 1.27 bits per heavy atom. The second-order valence-corrected chi connectivity index (χ2v) is 9.99. The summed E-state index contributed by atoms with van der Waals surface area (Å²) >= 11 is 0. The molecule has 1 aliphatic heterocycles. The van der Waals surface area contributed by atoms with Gasteiger partial charge < -0.3 is 4.90 Å². The minimum absolute atomic E-state index is 0.0386. The van der Waals surface area contributed by atoms with Crippen molar-refractivity contribution < 1.29 is 17.6 Å². The number of anilines is 2. The number of carbonyl (C=O) groups excluding carboxylic acids is 1. The van der Waals surface area contributed by atoms with Gasteiger partial charge in [0.05, 0.1) is 17.6 Å². The van der Waals surface area contributed by atoms with Gasteiger partial charge in [0, 0.05) is 30.9 Å². The van der Waals surface area contributed by atoms with E-state index in [1.54, 1.807) is 21.5 Å². The van der Waals surface area contributed by atoms with E-state index in [2.05, 4.69) is 14.8 Å². The van der Waals surface area contributed by atoms with Crippen LogP contribution in [0.4, 0.5) is 16.0 Å². The summed E-state index contributed by atoms with van der Waals surface area (Å²) < 4.78 is 40.6. The number of benzene rings is 1. The minimum atomic E-state index is -3.56. The number of carbonyl (C=O) groups is 1. The third-order valence-electron chi connectivity index (χ3n) is 5.11. The van der Waals surface area contributed by atoms with Crippen molar-refractivity contribution >= 4 is 33.2 Å². The van der Waals surface area contributed by atoms with E-state index in [4.69, 9.17) is 0 Å². The van der Waals surface area contributed by atoms with Crippen LogP contribution in [0.2, 0.25) is 0 Å². The highest BCUT2D eigenvalue weighted by atomic mass is 32.2. The Balaban J connectivity index is 1.95. The summed E-state index contributed by atoms with van der Waals surface area (Å²) in [4.78, 5) is 18.4. The van der Waals surface area contributed by atoms with Crippen molar-refractivity contribution in [2.75, 3.05) is 22.4 Å². The van der Waals surface area contributed by atoms with Crippen molar-refractivity contribution in [3.05, 3.63) is 53.0 Å². The standard InChI is InChI=1S/C20H22FN5O3S/c1-12(27)25-11-20(2,3)17-16(25)10-14(9-13-5-7-15(21)8-6-13)18-22-19(23-26(17)18)24-30(4,28)29/h5-8,10H,9,11H2,1-4H3,(H,23,24). The fourth-order valence-electron chi connectivity index (χ4n) is 3.92. The van der Waals surface area contributed by atoms with E-state index in [9.17, 15) is 17.6 Å². The largest absolute Gasteiger partial charge is 0.310 e. The molecule has 0 saturated heterocycles. The lowest BCUT2D eigenvalue weighted by Crippen LogP contribution is -2.32. The lowest BCUT2D eigenvalue weighted by atomic mass is 9.90. The first-order valence-corrected chi connectivity index (χ1v) is 11.3. The maximum Gasteiger partial charge on any atom is 0.256 e. The summed E-state index contributed by atoms with van der Waals surface area (Å²) in [6, 6.07) is 8.01. The van der Waals surface area contributed by atoms with Crippen molar-refractivity contribution in [3.63, 3.8) is 0 Å². The highest BCUT2D eigenvalue weighted by Crippen LogP contribution is 2.42. The molecular weight excluding hydrogens is 409 g/mol. The fourth-order valence-corrected chi connectivity index (χ4v) is 4.34. The van der Waals surface area contributed by atoms with Crippen molar-refractivity contribution in [1.29, 1.82) is 0 Å². The van der Waals surface area contributed by atoms with Crippen LogP contribution in [-0.2, 0) is 26.7 Å². The van der Waals surface area contributed by atoms with Crippen LogP contribution in [0.15, 0.2) is 30.3 Å². The molecule has 4 rings (SSSR count). The van der Waals surface area contributed by atoms with Gasteiger partial charge in [-0.3, -0.25) is 9.52 Å². The molecule has 2 aromatic heterocycles. The van der Waals surface area contributed by atoms with E-state index >= 15 is 0 Å². The topological polar surface area (TPSA) is 96.7 Å². The third-order valence-corrected chi connectivity index (χ3v) is 5.66. The monoisotopic (exact) mass is 431 g/mol. The molecular formula is C20H22FN5O3S. The predicted molar refractivity (Wildman–Crippen MR) is 112 cm³/mol. The molecule has 3 heterocycles. The molecule has 0 spiro atoms. The summed E-state index contributed by atoms with van der Waals surface area (Å²) in [6.45, 7) is 5.98. The van der Waals surface area contributed by atoms with Gasteiger partial charge in [0.25, 0.3) is 5.95 Å². The molecule has 1 aliphatic rings. The summed E-state index contributed by atoms with van der Waals surface area (Å²) in [6.07, 6.45) is 1.45. The predicted octanol–water partition coefficient (Wildman–Crippen LogP) is 2.47. The Kier molecular flexibility index (Phi) is 4.57. The number of halogens is 1. The molecule has 0 saturated carbocycles. The highest BCUT2D eigenvalue weighted by molar-refractivity contribution is 7.91. The Labute approximate surface area is 173 Å². The molecule has 8 nitrogen and oxygen atoms in total. The number of sulfonamides is 1. The average Bonchev–Trinajstić information content (AvgIpc) is 3.13. The molecule has 1 aromatic carbocycles. The summed E-state index contributed by atoms with van der Waals surface area (Å²) in [7, 11) is -3.56. The van der Waals surface area contributed by atoms with Crippen LogP contribution in [0.5, 0.6) is 0 Å². The number of pyridine rings is 1. The second kappa shape index (κ2) is 6.76.